The summed E-state index contributed by atoms with van der Waals surface area (Å²) >= 11 is 0. The van der Waals surface area contributed by atoms with Gasteiger partial charge in [-0.1, -0.05) is 0 Å². The molecular formula is C11H7F4N3O. The third kappa shape index (κ3) is 2.61. The van der Waals surface area contributed by atoms with E-state index in [-0.39, 0.29) is 11.4 Å². The number of ether oxygens (including phenoxy) is 1. The van der Waals surface area contributed by atoms with Gasteiger partial charge >= 0.3 is 6.18 Å². The smallest absolute Gasteiger partial charge is 0.426 e. The molecule has 0 N–H and O–H groups in total. The van der Waals surface area contributed by atoms with Gasteiger partial charge < -0.3 is 4.74 Å². The summed E-state index contributed by atoms with van der Waals surface area (Å²) in [6.45, 7) is 0. The van der Waals surface area contributed by atoms with E-state index >= 15 is 0 Å². The molecule has 0 unspecified atom stereocenters. The summed E-state index contributed by atoms with van der Waals surface area (Å²) in [6, 6.07) is 3.02. The van der Waals surface area contributed by atoms with Gasteiger partial charge in [0.2, 0.25) is 11.8 Å². The average Bonchev–Trinajstić information content (AvgIpc) is 2.37. The highest BCUT2D eigenvalue weighted by Crippen LogP contribution is 2.37. The van der Waals surface area contributed by atoms with Crippen LogP contribution >= 0.6 is 0 Å². The Labute approximate surface area is 105 Å². The van der Waals surface area contributed by atoms with Crippen LogP contribution in [0.2, 0.25) is 0 Å². The second-order valence-electron chi connectivity index (χ2n) is 3.46. The average molecular weight is 273 g/mol. The minimum atomic E-state index is -4.93. The largest absolute Gasteiger partial charge is 0.480 e. The molecule has 0 saturated heterocycles. The lowest BCUT2D eigenvalue weighted by Crippen LogP contribution is -2.14. The zero-order valence-corrected chi connectivity index (χ0v) is 9.57. The molecule has 100 valence electrons. The molecule has 0 aliphatic carbocycles. The van der Waals surface area contributed by atoms with Gasteiger partial charge in [0.15, 0.2) is 11.4 Å². The number of aromatic nitrogens is 3. The molecule has 0 spiro atoms. The molecule has 4 nitrogen and oxygen atoms in total. The van der Waals surface area contributed by atoms with E-state index in [2.05, 4.69) is 19.7 Å². The zero-order chi connectivity index (χ0) is 14.0. The molecule has 0 amide bonds. The maximum absolute atomic E-state index is 13.5. The highest BCUT2D eigenvalue weighted by Gasteiger charge is 2.40. The van der Waals surface area contributed by atoms with Gasteiger partial charge in [0, 0.05) is 18.0 Å². The van der Waals surface area contributed by atoms with Crippen molar-refractivity contribution < 1.29 is 22.3 Å². The van der Waals surface area contributed by atoms with Crippen molar-refractivity contribution in [2.75, 3.05) is 7.11 Å². The van der Waals surface area contributed by atoms with Gasteiger partial charge in [-0.3, -0.25) is 4.98 Å². The highest BCUT2D eigenvalue weighted by atomic mass is 19.4. The van der Waals surface area contributed by atoms with Crippen molar-refractivity contribution in [3.8, 4) is 17.3 Å². The van der Waals surface area contributed by atoms with Crippen LogP contribution in [0.3, 0.4) is 0 Å². The lowest BCUT2D eigenvalue weighted by Gasteiger charge is -2.12. The Balaban J connectivity index is 2.61. The Bertz CT molecular complexity index is 586. The fourth-order valence-corrected chi connectivity index (χ4v) is 1.42. The summed E-state index contributed by atoms with van der Waals surface area (Å²) in [5.74, 6) is -2.77. The third-order valence-corrected chi connectivity index (χ3v) is 2.23. The van der Waals surface area contributed by atoms with E-state index in [1.165, 1.54) is 24.5 Å². The van der Waals surface area contributed by atoms with Crippen LogP contribution in [0, 0.1) is 5.95 Å². The molecule has 0 aliphatic heterocycles. The first kappa shape index (κ1) is 13.2. The van der Waals surface area contributed by atoms with Crippen LogP contribution in [0.1, 0.15) is 5.56 Å². The van der Waals surface area contributed by atoms with Gasteiger partial charge in [0.25, 0.3) is 0 Å². The Kier molecular flexibility index (Phi) is 3.32. The molecule has 19 heavy (non-hydrogen) atoms. The predicted molar refractivity (Wildman–Crippen MR) is 56.8 cm³/mol. The van der Waals surface area contributed by atoms with Crippen molar-refractivity contribution in [3.05, 3.63) is 36.0 Å². The van der Waals surface area contributed by atoms with Crippen LogP contribution in [-0.4, -0.2) is 22.1 Å². The minimum Gasteiger partial charge on any atom is -0.480 e. The Morgan fingerprint density at radius 2 is 1.95 bits per heavy atom. The molecule has 0 aliphatic rings. The van der Waals surface area contributed by atoms with Crippen molar-refractivity contribution in [1.29, 1.82) is 0 Å². The van der Waals surface area contributed by atoms with Gasteiger partial charge in [-0.05, 0) is 12.1 Å². The summed E-state index contributed by atoms with van der Waals surface area (Å²) in [6.07, 6.45) is -2.16. The monoisotopic (exact) mass is 273 g/mol. The van der Waals surface area contributed by atoms with E-state index in [0.717, 1.165) is 7.11 Å². The van der Waals surface area contributed by atoms with Crippen molar-refractivity contribution in [1.82, 2.24) is 15.0 Å². The standard InChI is InChI=1S/C11H7F4N3O/c1-19-10-7(11(13,14)15)8(12)17-9(18-10)6-3-2-4-16-5-6/h2-5H,1H3. The van der Waals surface area contributed by atoms with Crippen LogP contribution in [0.4, 0.5) is 17.6 Å². The highest BCUT2D eigenvalue weighted by molar-refractivity contribution is 5.54. The second-order valence-corrected chi connectivity index (χ2v) is 3.46. The van der Waals surface area contributed by atoms with Crippen LogP contribution in [0.15, 0.2) is 24.5 Å². The van der Waals surface area contributed by atoms with Gasteiger partial charge in [-0.15, -0.1) is 0 Å². The normalized spacial score (nSPS) is 11.4. The lowest BCUT2D eigenvalue weighted by molar-refractivity contribution is -0.142. The fraction of sp³-hybridized carbons (Fsp3) is 0.182. The number of alkyl halides is 3. The molecule has 8 heteroatoms. The van der Waals surface area contributed by atoms with Crippen molar-refractivity contribution in [3.63, 3.8) is 0 Å². The number of pyridine rings is 1. The van der Waals surface area contributed by atoms with Gasteiger partial charge in [-0.2, -0.15) is 27.5 Å². The Morgan fingerprint density at radius 3 is 2.47 bits per heavy atom. The molecule has 0 aromatic carbocycles. The summed E-state index contributed by atoms with van der Waals surface area (Å²) in [7, 11) is 0.976. The maximum Gasteiger partial charge on any atom is 0.426 e. The molecule has 0 fully saturated rings. The van der Waals surface area contributed by atoms with E-state index in [1.807, 2.05) is 0 Å². The first-order valence-electron chi connectivity index (χ1n) is 5.02. The molecular weight excluding hydrogens is 266 g/mol. The summed E-state index contributed by atoms with van der Waals surface area (Å²) in [4.78, 5) is 10.5. The topological polar surface area (TPSA) is 47.9 Å². The van der Waals surface area contributed by atoms with E-state index in [0.29, 0.717) is 0 Å². The summed E-state index contributed by atoms with van der Waals surface area (Å²) in [5, 5.41) is 0. The predicted octanol–water partition coefficient (Wildman–Crippen LogP) is 2.71. The lowest BCUT2D eigenvalue weighted by atomic mass is 10.2. The molecule has 0 bridgehead atoms. The molecule has 0 saturated carbocycles. The van der Waals surface area contributed by atoms with E-state index in [4.69, 9.17) is 0 Å². The molecule has 2 heterocycles. The van der Waals surface area contributed by atoms with Gasteiger partial charge in [-0.25, -0.2) is 0 Å². The number of hydrogen-bond donors (Lipinski definition) is 0. The first-order chi connectivity index (χ1) is 8.93. The quantitative estimate of drug-likeness (QED) is 0.623. The van der Waals surface area contributed by atoms with E-state index in [1.54, 1.807) is 0 Å². The Morgan fingerprint density at radius 1 is 1.21 bits per heavy atom. The van der Waals surface area contributed by atoms with Crippen LogP contribution in [0.5, 0.6) is 5.88 Å². The zero-order valence-electron chi connectivity index (χ0n) is 9.57. The van der Waals surface area contributed by atoms with E-state index in [9.17, 15) is 17.6 Å². The SMILES string of the molecule is COc1nc(-c2cccnc2)nc(F)c1C(F)(F)F. The maximum atomic E-state index is 13.5. The number of halogens is 4. The number of methoxy groups -OCH3 is 1. The third-order valence-electron chi connectivity index (χ3n) is 2.23. The molecule has 0 radical (unpaired) electrons. The summed E-state index contributed by atoms with van der Waals surface area (Å²) in [5.41, 5.74) is -1.34. The molecule has 2 aromatic rings. The molecule has 0 atom stereocenters. The summed E-state index contributed by atoms with van der Waals surface area (Å²) < 4.78 is 55.8. The van der Waals surface area contributed by atoms with Crippen molar-refractivity contribution >= 4 is 0 Å². The number of nitrogens with zero attached hydrogens (tertiary/aromatic N) is 3. The van der Waals surface area contributed by atoms with Crippen molar-refractivity contribution in [2.24, 2.45) is 0 Å². The van der Waals surface area contributed by atoms with Gasteiger partial charge in [0.1, 0.15) is 0 Å². The first-order valence-corrected chi connectivity index (χ1v) is 5.02. The van der Waals surface area contributed by atoms with Gasteiger partial charge in [0.05, 0.1) is 7.11 Å². The van der Waals surface area contributed by atoms with Crippen molar-refractivity contribution in [2.45, 2.75) is 6.18 Å². The second kappa shape index (κ2) is 4.79. The van der Waals surface area contributed by atoms with E-state index < -0.39 is 23.6 Å². The number of rotatable bonds is 2. The van der Waals surface area contributed by atoms with Crippen LogP contribution in [0.25, 0.3) is 11.4 Å². The van der Waals surface area contributed by atoms with Crippen LogP contribution < -0.4 is 4.74 Å². The number of hydrogen-bond acceptors (Lipinski definition) is 4. The molecule has 2 aromatic heterocycles. The molecule has 2 rings (SSSR count). The fourth-order valence-electron chi connectivity index (χ4n) is 1.42. The Hall–Kier alpha value is -2.25. The van der Waals surface area contributed by atoms with Crippen LogP contribution in [-0.2, 0) is 6.18 Å². The minimum absolute atomic E-state index is 0.226.